The third-order valence-corrected chi connectivity index (χ3v) is 5.03. The zero-order valence-electron chi connectivity index (χ0n) is 13.9. The Morgan fingerprint density at radius 2 is 2.08 bits per heavy atom. The van der Waals surface area contributed by atoms with Crippen molar-refractivity contribution in [2.24, 2.45) is 16.6 Å². The van der Waals surface area contributed by atoms with E-state index in [1.807, 2.05) is 18.2 Å². The third kappa shape index (κ3) is 3.43. The Bertz CT molecular complexity index is 620. The summed E-state index contributed by atoms with van der Waals surface area (Å²) in [6, 6.07) is 5.75. The highest BCUT2D eigenvalue weighted by Crippen LogP contribution is 2.40. The van der Waals surface area contributed by atoms with Gasteiger partial charge < -0.3 is 25.3 Å². The van der Waals surface area contributed by atoms with Crippen molar-refractivity contribution in [3.05, 3.63) is 18.2 Å². The predicted octanol–water partition coefficient (Wildman–Crippen LogP) is 2.53. The number of benzene rings is 1. The van der Waals surface area contributed by atoms with Crippen molar-refractivity contribution in [2.75, 3.05) is 25.1 Å². The number of nitrogens with zero attached hydrogens (tertiary/aromatic N) is 1. The number of fused-ring (bicyclic) bond motifs is 3. The first-order valence-corrected chi connectivity index (χ1v) is 8.90. The van der Waals surface area contributed by atoms with Crippen LogP contribution in [0.1, 0.15) is 32.1 Å². The van der Waals surface area contributed by atoms with Gasteiger partial charge in [-0.1, -0.05) is 0 Å². The largest absolute Gasteiger partial charge is 0.490 e. The van der Waals surface area contributed by atoms with Crippen LogP contribution in [0, 0.1) is 5.92 Å². The zero-order valence-corrected chi connectivity index (χ0v) is 13.9. The second kappa shape index (κ2) is 6.89. The summed E-state index contributed by atoms with van der Waals surface area (Å²) in [7, 11) is 0. The summed E-state index contributed by atoms with van der Waals surface area (Å²) in [6.07, 6.45) is 6.54. The van der Waals surface area contributed by atoms with Gasteiger partial charge in [-0.15, -0.1) is 0 Å². The number of rotatable bonds is 4. The molecule has 0 amide bonds. The molecule has 130 valence electrons. The van der Waals surface area contributed by atoms with Gasteiger partial charge in [-0.05, 0) is 43.7 Å². The number of aliphatic imine (C=N–C) groups is 1. The van der Waals surface area contributed by atoms with Gasteiger partial charge in [0.1, 0.15) is 0 Å². The van der Waals surface area contributed by atoms with Gasteiger partial charge in [0, 0.05) is 24.7 Å². The fourth-order valence-corrected chi connectivity index (χ4v) is 3.83. The third-order valence-electron chi connectivity index (χ3n) is 5.03. The minimum Gasteiger partial charge on any atom is -0.490 e. The number of guanidine groups is 1. The fourth-order valence-electron chi connectivity index (χ4n) is 3.83. The van der Waals surface area contributed by atoms with E-state index in [9.17, 15) is 0 Å². The topological polar surface area (TPSA) is 78.1 Å². The fraction of sp³-hybridized carbons (Fsp3) is 0.611. The molecule has 0 aliphatic carbocycles. The lowest BCUT2D eigenvalue weighted by atomic mass is 9.87. The van der Waals surface area contributed by atoms with Crippen LogP contribution >= 0.6 is 0 Å². The van der Waals surface area contributed by atoms with E-state index in [-0.39, 0.29) is 0 Å². The van der Waals surface area contributed by atoms with Crippen molar-refractivity contribution in [3.8, 4) is 11.5 Å². The van der Waals surface area contributed by atoms with E-state index in [4.69, 9.17) is 19.9 Å². The Hall–Kier alpha value is -1.95. The molecule has 0 aromatic heterocycles. The summed E-state index contributed by atoms with van der Waals surface area (Å²) in [4.78, 5) is 4.45. The molecule has 1 aromatic rings. The molecule has 0 spiro atoms. The van der Waals surface area contributed by atoms with Gasteiger partial charge in [-0.25, -0.2) is 0 Å². The van der Waals surface area contributed by atoms with Crippen LogP contribution in [0.3, 0.4) is 0 Å². The van der Waals surface area contributed by atoms with E-state index in [0.29, 0.717) is 37.3 Å². The van der Waals surface area contributed by atoms with Crippen LogP contribution in [0.5, 0.6) is 11.5 Å². The molecule has 2 saturated heterocycles. The highest BCUT2D eigenvalue weighted by Gasteiger charge is 2.40. The maximum absolute atomic E-state index is 6.01. The molecule has 2 fully saturated rings. The first-order valence-electron chi connectivity index (χ1n) is 8.90. The molecular formula is C18H25N3O3. The van der Waals surface area contributed by atoms with Crippen LogP contribution in [0.4, 0.5) is 5.69 Å². The highest BCUT2D eigenvalue weighted by atomic mass is 16.5. The van der Waals surface area contributed by atoms with Gasteiger partial charge in [0.2, 0.25) is 0 Å². The van der Waals surface area contributed by atoms with Crippen molar-refractivity contribution in [3.63, 3.8) is 0 Å². The van der Waals surface area contributed by atoms with Gasteiger partial charge in [-0.2, -0.15) is 0 Å². The average molecular weight is 331 g/mol. The van der Waals surface area contributed by atoms with Crippen molar-refractivity contribution in [1.82, 2.24) is 0 Å². The Balaban J connectivity index is 1.30. The monoisotopic (exact) mass is 331 g/mol. The quantitative estimate of drug-likeness (QED) is 0.655. The van der Waals surface area contributed by atoms with Crippen LogP contribution in [0.25, 0.3) is 0 Å². The van der Waals surface area contributed by atoms with E-state index in [0.717, 1.165) is 36.6 Å². The van der Waals surface area contributed by atoms with Crippen LogP contribution < -0.4 is 20.5 Å². The summed E-state index contributed by atoms with van der Waals surface area (Å²) < 4.78 is 17.2. The highest BCUT2D eigenvalue weighted by molar-refractivity contribution is 5.92. The molecule has 24 heavy (non-hydrogen) atoms. The Kier molecular flexibility index (Phi) is 4.47. The Labute approximate surface area is 142 Å². The molecule has 3 aliphatic rings. The number of nitrogens with two attached hydrogens (primary N) is 1. The Morgan fingerprint density at radius 1 is 1.21 bits per heavy atom. The van der Waals surface area contributed by atoms with Gasteiger partial charge in [0.15, 0.2) is 17.5 Å². The Morgan fingerprint density at radius 3 is 2.88 bits per heavy atom. The molecule has 2 bridgehead atoms. The van der Waals surface area contributed by atoms with Crippen LogP contribution in [0.15, 0.2) is 23.2 Å². The zero-order chi connectivity index (χ0) is 16.4. The lowest BCUT2D eigenvalue weighted by molar-refractivity contribution is 0.0917. The van der Waals surface area contributed by atoms with Gasteiger partial charge in [-0.3, -0.25) is 4.99 Å². The van der Waals surface area contributed by atoms with Crippen molar-refractivity contribution < 1.29 is 14.2 Å². The number of ether oxygens (including phenoxy) is 3. The lowest BCUT2D eigenvalue weighted by Gasteiger charge is -2.17. The van der Waals surface area contributed by atoms with Crippen molar-refractivity contribution in [1.29, 1.82) is 0 Å². The number of hydrogen-bond donors (Lipinski definition) is 2. The standard InChI is InChI=1S/C18H25N3O3/c19-18(20-7-6-12-10-14-3-5-15(12)24-14)21-13-2-4-16-17(11-13)23-9-1-8-22-16/h2,4,11-12,14-15H,1,3,5-10H2,(H3,19,20,21). The molecule has 1 aromatic carbocycles. The van der Waals surface area contributed by atoms with E-state index >= 15 is 0 Å². The molecule has 3 unspecified atom stereocenters. The van der Waals surface area contributed by atoms with Crippen molar-refractivity contribution in [2.45, 2.75) is 44.3 Å². The molecule has 3 heterocycles. The first-order chi connectivity index (χ1) is 11.8. The smallest absolute Gasteiger partial charge is 0.193 e. The normalized spacial score (nSPS) is 28.7. The summed E-state index contributed by atoms with van der Waals surface area (Å²) in [5.41, 5.74) is 6.87. The second-order valence-electron chi connectivity index (χ2n) is 6.76. The minimum atomic E-state index is 0.438. The molecule has 0 radical (unpaired) electrons. The number of anilines is 1. The van der Waals surface area contributed by atoms with Crippen LogP contribution in [0.2, 0.25) is 0 Å². The summed E-state index contributed by atoms with van der Waals surface area (Å²) in [5, 5.41) is 3.13. The van der Waals surface area contributed by atoms with Gasteiger partial charge >= 0.3 is 0 Å². The molecule has 6 heteroatoms. The summed E-state index contributed by atoms with van der Waals surface area (Å²) in [6.45, 7) is 2.10. The van der Waals surface area contributed by atoms with Gasteiger partial charge in [0.05, 0.1) is 25.4 Å². The number of hydrogen-bond acceptors (Lipinski definition) is 4. The second-order valence-corrected chi connectivity index (χ2v) is 6.76. The predicted molar refractivity (Wildman–Crippen MR) is 92.8 cm³/mol. The molecule has 3 atom stereocenters. The van der Waals surface area contributed by atoms with Crippen molar-refractivity contribution >= 4 is 11.6 Å². The van der Waals surface area contributed by atoms with Crippen LogP contribution in [-0.4, -0.2) is 37.9 Å². The summed E-state index contributed by atoms with van der Waals surface area (Å²) >= 11 is 0. The van der Waals surface area contributed by atoms with Gasteiger partial charge in [0.25, 0.3) is 0 Å². The van der Waals surface area contributed by atoms with E-state index in [1.54, 1.807) is 0 Å². The average Bonchev–Trinajstić information content (AvgIpc) is 3.11. The van der Waals surface area contributed by atoms with E-state index < -0.39 is 0 Å². The SMILES string of the molecule is NC(=NCCC1CC2CCC1O2)Nc1ccc2c(c1)OCCCO2. The minimum absolute atomic E-state index is 0.438. The first kappa shape index (κ1) is 15.6. The maximum Gasteiger partial charge on any atom is 0.193 e. The maximum atomic E-state index is 6.01. The summed E-state index contributed by atoms with van der Waals surface area (Å²) in [5.74, 6) is 2.63. The molecule has 4 rings (SSSR count). The lowest BCUT2D eigenvalue weighted by Crippen LogP contribution is -2.24. The number of nitrogens with one attached hydrogen (secondary N) is 1. The molecular weight excluding hydrogens is 306 g/mol. The molecule has 3 N–H and O–H groups in total. The molecule has 6 nitrogen and oxygen atoms in total. The van der Waals surface area contributed by atoms with E-state index in [1.165, 1.54) is 19.3 Å². The molecule has 3 aliphatic heterocycles. The van der Waals surface area contributed by atoms with Crippen LogP contribution in [-0.2, 0) is 4.74 Å². The van der Waals surface area contributed by atoms with E-state index in [2.05, 4.69) is 10.3 Å². The molecule has 0 saturated carbocycles.